The maximum atomic E-state index is 14.7. The molecule has 1 amide bonds. The number of methoxy groups -OCH3 is 1. The number of aromatic nitrogens is 2. The first-order chi connectivity index (χ1) is 14.3. The highest BCUT2D eigenvalue weighted by molar-refractivity contribution is 7.95. The van der Waals surface area contributed by atoms with Crippen LogP contribution >= 0.6 is 12.1 Å². The Labute approximate surface area is 178 Å². The lowest BCUT2D eigenvalue weighted by Crippen LogP contribution is -2.41. The number of nitrogens with one attached hydrogen (secondary N) is 1. The van der Waals surface area contributed by atoms with Crippen molar-refractivity contribution < 1.29 is 27.1 Å². The lowest BCUT2D eigenvalue weighted by atomic mass is 10.1. The van der Waals surface area contributed by atoms with Gasteiger partial charge in [0.05, 0.1) is 18.4 Å². The first-order valence-corrected chi connectivity index (χ1v) is 9.55. The van der Waals surface area contributed by atoms with Crippen molar-refractivity contribution in [1.82, 2.24) is 18.2 Å². The molecule has 170 valence electrons. The average molecular weight is 464 g/mol. The highest BCUT2D eigenvalue weighted by atomic mass is 32.2. The van der Waals surface area contributed by atoms with E-state index in [4.69, 9.17) is 4.74 Å². The number of benzene rings is 1. The highest BCUT2D eigenvalue weighted by Crippen LogP contribution is 2.28. The Bertz CT molecular complexity index is 1110. The van der Waals surface area contributed by atoms with Crippen LogP contribution in [-0.2, 0) is 13.2 Å². The van der Waals surface area contributed by atoms with Crippen LogP contribution in [0.5, 0.6) is 5.75 Å². The average Bonchev–Trinajstić information content (AvgIpc) is 2.68. The standard InChI is InChI=1S/C18H20F4N4O4S/c1-9(2)25(4)31-23-16(28)10-6-12(11(19)7-13(10)30-5)26-15(27)8-14(18(20,21)22)24(3)17(26)29/h6-9H,1-5H3,(H,23,28). The quantitative estimate of drug-likeness (QED) is 0.522. The van der Waals surface area contributed by atoms with E-state index in [2.05, 4.69) is 4.72 Å². The fourth-order valence-corrected chi connectivity index (χ4v) is 3.00. The topological polar surface area (TPSA) is 85.6 Å². The molecule has 8 nitrogen and oxygen atoms in total. The second-order valence-corrected chi connectivity index (χ2v) is 7.67. The minimum absolute atomic E-state index is 0.0738. The van der Waals surface area contributed by atoms with Crippen LogP contribution in [0.4, 0.5) is 17.6 Å². The molecule has 0 aliphatic heterocycles. The molecule has 0 saturated carbocycles. The summed E-state index contributed by atoms with van der Waals surface area (Å²) in [6, 6.07) is 1.89. The minimum Gasteiger partial charge on any atom is -0.496 e. The zero-order valence-corrected chi connectivity index (χ0v) is 18.0. The number of carbonyl (C=O) groups is 1. The molecular weight excluding hydrogens is 444 g/mol. The number of amides is 1. The molecule has 0 bridgehead atoms. The molecule has 13 heteroatoms. The monoisotopic (exact) mass is 464 g/mol. The van der Waals surface area contributed by atoms with Crippen LogP contribution in [0.3, 0.4) is 0 Å². The zero-order chi connectivity index (χ0) is 23.7. The van der Waals surface area contributed by atoms with Gasteiger partial charge in [0.2, 0.25) is 0 Å². The van der Waals surface area contributed by atoms with Gasteiger partial charge in [-0.1, -0.05) is 0 Å². The van der Waals surface area contributed by atoms with Gasteiger partial charge in [0.25, 0.3) is 11.5 Å². The Morgan fingerprint density at radius 3 is 2.35 bits per heavy atom. The van der Waals surface area contributed by atoms with Crippen LogP contribution in [0.1, 0.15) is 29.9 Å². The number of carbonyl (C=O) groups excluding carboxylic acids is 1. The fourth-order valence-electron chi connectivity index (χ4n) is 2.45. The molecule has 1 N–H and O–H groups in total. The molecule has 0 radical (unpaired) electrons. The largest absolute Gasteiger partial charge is 0.496 e. The second kappa shape index (κ2) is 9.14. The molecule has 2 rings (SSSR count). The molecule has 31 heavy (non-hydrogen) atoms. The third-order valence-electron chi connectivity index (χ3n) is 4.37. The second-order valence-electron chi connectivity index (χ2n) is 6.71. The molecule has 0 spiro atoms. The first kappa shape index (κ1) is 24.5. The van der Waals surface area contributed by atoms with E-state index in [-0.39, 0.29) is 32.6 Å². The van der Waals surface area contributed by atoms with Gasteiger partial charge in [0, 0.05) is 37.4 Å². The van der Waals surface area contributed by atoms with Crippen molar-refractivity contribution in [3.63, 3.8) is 0 Å². The molecule has 0 unspecified atom stereocenters. The Kier molecular flexibility index (Phi) is 7.21. The number of ether oxygens (including phenoxy) is 1. The van der Waals surface area contributed by atoms with E-state index in [0.717, 1.165) is 31.3 Å². The summed E-state index contributed by atoms with van der Waals surface area (Å²) in [5.74, 6) is -2.06. The van der Waals surface area contributed by atoms with Crippen LogP contribution in [0.25, 0.3) is 5.69 Å². The summed E-state index contributed by atoms with van der Waals surface area (Å²) in [5, 5.41) is 0. The third kappa shape index (κ3) is 5.10. The van der Waals surface area contributed by atoms with Crippen LogP contribution < -0.4 is 20.7 Å². The summed E-state index contributed by atoms with van der Waals surface area (Å²) in [7, 11) is 3.70. The van der Waals surface area contributed by atoms with E-state index < -0.39 is 40.5 Å². The summed E-state index contributed by atoms with van der Waals surface area (Å²) in [6.45, 7) is 3.76. The van der Waals surface area contributed by atoms with E-state index in [9.17, 15) is 31.9 Å². The van der Waals surface area contributed by atoms with Gasteiger partial charge >= 0.3 is 11.9 Å². The van der Waals surface area contributed by atoms with Gasteiger partial charge in [0.15, 0.2) is 5.82 Å². The SMILES string of the molecule is COc1cc(F)c(-n2c(=O)cc(C(F)(F)F)n(C)c2=O)cc1C(=O)NSN(C)C(C)C. The lowest BCUT2D eigenvalue weighted by molar-refractivity contribution is -0.144. The maximum absolute atomic E-state index is 14.7. The van der Waals surface area contributed by atoms with E-state index in [0.29, 0.717) is 0 Å². The van der Waals surface area contributed by atoms with Crippen molar-refractivity contribution in [3.8, 4) is 11.4 Å². The van der Waals surface area contributed by atoms with Crippen molar-refractivity contribution in [2.75, 3.05) is 14.2 Å². The van der Waals surface area contributed by atoms with E-state index in [1.54, 1.807) is 11.4 Å². The van der Waals surface area contributed by atoms with Crippen LogP contribution in [0, 0.1) is 5.82 Å². The molecular formula is C18H20F4N4O4S. The fraction of sp³-hybridized carbons (Fsp3) is 0.389. The number of rotatable bonds is 6. The Morgan fingerprint density at radius 1 is 1.23 bits per heavy atom. The number of halogens is 4. The summed E-state index contributed by atoms with van der Waals surface area (Å²) in [4.78, 5) is 37.3. The molecule has 0 atom stereocenters. The molecule has 1 aromatic heterocycles. The summed E-state index contributed by atoms with van der Waals surface area (Å²) >= 11 is 0.951. The van der Waals surface area contributed by atoms with Crippen molar-refractivity contribution in [1.29, 1.82) is 0 Å². The smallest absolute Gasteiger partial charge is 0.431 e. The first-order valence-electron chi connectivity index (χ1n) is 8.77. The highest BCUT2D eigenvalue weighted by Gasteiger charge is 2.35. The van der Waals surface area contributed by atoms with Crippen LogP contribution in [0.15, 0.2) is 27.8 Å². The van der Waals surface area contributed by atoms with E-state index in [1.165, 1.54) is 7.11 Å². The molecule has 1 heterocycles. The van der Waals surface area contributed by atoms with Gasteiger partial charge in [-0.05, 0) is 27.0 Å². The summed E-state index contributed by atoms with van der Waals surface area (Å²) in [5.41, 5.74) is -5.23. The molecule has 0 aliphatic rings. The Balaban J connectivity index is 2.63. The zero-order valence-electron chi connectivity index (χ0n) is 17.2. The number of alkyl halides is 3. The molecule has 0 fully saturated rings. The van der Waals surface area contributed by atoms with Crippen molar-refractivity contribution in [2.45, 2.75) is 26.1 Å². The summed E-state index contributed by atoms with van der Waals surface area (Å²) < 4.78 is 63.4. The van der Waals surface area contributed by atoms with Gasteiger partial charge in [-0.15, -0.1) is 0 Å². The molecule has 0 saturated heterocycles. The summed E-state index contributed by atoms with van der Waals surface area (Å²) in [6.07, 6.45) is -4.96. The number of hydrogen-bond acceptors (Lipinski definition) is 6. The third-order valence-corrected chi connectivity index (χ3v) is 5.36. The predicted octanol–water partition coefficient (Wildman–Crippen LogP) is 2.34. The number of hydrogen-bond donors (Lipinski definition) is 1. The van der Waals surface area contributed by atoms with E-state index in [1.807, 2.05) is 13.8 Å². The molecule has 1 aromatic carbocycles. The Morgan fingerprint density at radius 2 is 1.84 bits per heavy atom. The normalized spacial score (nSPS) is 11.8. The van der Waals surface area contributed by atoms with Gasteiger partial charge < -0.3 is 4.74 Å². The van der Waals surface area contributed by atoms with E-state index >= 15 is 0 Å². The maximum Gasteiger partial charge on any atom is 0.431 e. The Hall–Kier alpha value is -2.80. The molecule has 0 aliphatic carbocycles. The van der Waals surface area contributed by atoms with Crippen LogP contribution in [0.2, 0.25) is 0 Å². The number of nitrogens with zero attached hydrogens (tertiary/aromatic N) is 3. The lowest BCUT2D eigenvalue weighted by Gasteiger charge is -2.20. The van der Waals surface area contributed by atoms with Gasteiger partial charge in [-0.3, -0.25) is 18.9 Å². The van der Waals surface area contributed by atoms with Gasteiger partial charge in [0.1, 0.15) is 11.4 Å². The van der Waals surface area contributed by atoms with Crippen molar-refractivity contribution in [2.24, 2.45) is 7.05 Å². The molecule has 2 aromatic rings. The predicted molar refractivity (Wildman–Crippen MR) is 107 cm³/mol. The van der Waals surface area contributed by atoms with Gasteiger partial charge in [-0.2, -0.15) is 13.2 Å². The van der Waals surface area contributed by atoms with Crippen molar-refractivity contribution in [3.05, 3.63) is 56.1 Å². The van der Waals surface area contributed by atoms with Crippen molar-refractivity contribution >= 4 is 18.0 Å². The van der Waals surface area contributed by atoms with Crippen LogP contribution in [-0.4, -0.2) is 39.5 Å². The minimum atomic E-state index is -4.96. The van der Waals surface area contributed by atoms with Gasteiger partial charge in [-0.25, -0.2) is 18.1 Å².